The number of carbonyl (C=O) groups is 5. The topological polar surface area (TPSA) is 177 Å². The minimum absolute atomic E-state index is 0.00974. The van der Waals surface area contributed by atoms with Crippen LogP contribution in [0.25, 0.3) is 0 Å². The molecule has 6 atom stereocenters. The number of carbonyl (C=O) groups excluding carboxylic acids is 5. The smallest absolute Gasteiger partial charge is 0.315 e. The number of fused-ring (bicyclic) bond motifs is 1. The number of Topliss-reactive ketones (excluding diaryl/α,β-unsaturated/α-hetero) is 1. The number of likely N-dealkylation sites (tertiary alicyclic amines) is 1. The zero-order valence-corrected chi connectivity index (χ0v) is 33.0. The molecular formula is C36H63N7O7S. The van der Waals surface area contributed by atoms with Crippen molar-refractivity contribution in [2.24, 2.45) is 28.6 Å². The first-order valence-electron chi connectivity index (χ1n) is 18.4. The second kappa shape index (κ2) is 17.2. The Hall–Kier alpha value is -3.04. The van der Waals surface area contributed by atoms with E-state index in [2.05, 4.69) is 41.7 Å². The van der Waals surface area contributed by atoms with Gasteiger partial charge >= 0.3 is 6.03 Å². The van der Waals surface area contributed by atoms with Gasteiger partial charge in [-0.3, -0.25) is 19.2 Å². The van der Waals surface area contributed by atoms with E-state index in [1.807, 2.05) is 27.7 Å². The fourth-order valence-electron chi connectivity index (χ4n) is 7.69. The molecule has 0 aromatic carbocycles. The lowest BCUT2D eigenvalue weighted by Crippen LogP contribution is -2.62. The van der Waals surface area contributed by atoms with Gasteiger partial charge in [-0.2, -0.15) is 17.0 Å². The first-order chi connectivity index (χ1) is 23.7. The molecule has 0 aromatic rings. The highest BCUT2D eigenvalue weighted by Gasteiger charge is 2.69. The lowest BCUT2D eigenvalue weighted by Gasteiger charge is -2.38. The van der Waals surface area contributed by atoms with Crippen molar-refractivity contribution in [2.45, 2.75) is 117 Å². The van der Waals surface area contributed by atoms with Gasteiger partial charge in [-0.05, 0) is 47.8 Å². The molecule has 290 valence electrons. The van der Waals surface area contributed by atoms with E-state index in [-0.39, 0.29) is 48.6 Å². The zero-order valence-electron chi connectivity index (χ0n) is 32.2. The first-order valence-corrected chi connectivity index (χ1v) is 19.8. The summed E-state index contributed by atoms with van der Waals surface area (Å²) < 4.78 is 27.9. The normalized spacial score (nSPS) is 23.5. The minimum Gasteiger partial charge on any atom is -0.346 e. The largest absolute Gasteiger partial charge is 0.346 e. The third-order valence-electron chi connectivity index (χ3n) is 11.2. The molecule has 1 aliphatic heterocycles. The van der Waals surface area contributed by atoms with Crippen LogP contribution in [0.2, 0.25) is 0 Å². The van der Waals surface area contributed by atoms with Gasteiger partial charge in [0.15, 0.2) is 0 Å². The lowest BCUT2D eigenvalue weighted by atomic mass is 9.83. The number of hydrogen-bond acceptors (Lipinski definition) is 7. The van der Waals surface area contributed by atoms with Gasteiger partial charge < -0.3 is 26.2 Å². The molecule has 1 unspecified atom stereocenters. The Balaban J connectivity index is 1.88. The van der Waals surface area contributed by atoms with E-state index in [0.717, 1.165) is 42.8 Å². The standard InChI is InChI=1S/C36H63N7O7S/c1-11-13-19-25(30(44)32(46)37-20-12-2)38-31(45)29-27-24(36(27,6)7)21-43(29)33(47)28(23-17-15-14-16-18-23)40-34(48)39-26(35(3,4)5)22-42(10)51(49,50)41(8)9/h12,23-29H,2,11,13-22H2,1,3-10H3,(H,37,46)(H,38,45)(H2,39,40,48)/t24-,25?,26+,27-,28-,29-/m0/s1. The zero-order chi connectivity index (χ0) is 38.5. The Bertz CT molecular complexity index is 1400. The fraction of sp³-hybridized carbons (Fsp3) is 0.806. The number of unbranched alkanes of at least 4 members (excludes halogenated alkanes) is 1. The average Bonchev–Trinajstić information content (AvgIpc) is 3.37. The van der Waals surface area contributed by atoms with E-state index >= 15 is 0 Å². The molecule has 1 saturated heterocycles. The van der Waals surface area contributed by atoms with Crippen LogP contribution in [0.4, 0.5) is 4.79 Å². The molecule has 15 heteroatoms. The Morgan fingerprint density at radius 2 is 1.63 bits per heavy atom. The van der Waals surface area contributed by atoms with Crippen molar-refractivity contribution < 1.29 is 32.4 Å². The quantitative estimate of drug-likeness (QED) is 0.131. The van der Waals surface area contributed by atoms with Crippen molar-refractivity contribution in [1.82, 2.24) is 34.8 Å². The average molecular weight is 738 g/mol. The molecule has 2 saturated carbocycles. The number of rotatable bonds is 17. The van der Waals surface area contributed by atoms with Crippen molar-refractivity contribution in [3.8, 4) is 0 Å². The molecule has 3 fully saturated rings. The summed E-state index contributed by atoms with van der Waals surface area (Å²) in [5, 5.41) is 11.3. The fourth-order valence-corrected chi connectivity index (χ4v) is 8.59. The van der Waals surface area contributed by atoms with Crippen LogP contribution in [-0.2, 0) is 29.4 Å². The van der Waals surface area contributed by atoms with E-state index in [1.165, 1.54) is 31.5 Å². The maximum Gasteiger partial charge on any atom is 0.315 e. The van der Waals surface area contributed by atoms with Crippen molar-refractivity contribution in [1.29, 1.82) is 0 Å². The van der Waals surface area contributed by atoms with Gasteiger partial charge in [-0.1, -0.05) is 79.7 Å². The van der Waals surface area contributed by atoms with E-state index < -0.39 is 63.4 Å². The van der Waals surface area contributed by atoms with Crippen molar-refractivity contribution in [2.75, 3.05) is 40.8 Å². The van der Waals surface area contributed by atoms with Gasteiger partial charge in [-0.15, -0.1) is 6.58 Å². The number of nitrogens with zero attached hydrogens (tertiary/aromatic N) is 3. The molecule has 4 N–H and O–H groups in total. The highest BCUT2D eigenvalue weighted by Crippen LogP contribution is 2.65. The minimum atomic E-state index is -3.74. The molecule has 0 radical (unpaired) electrons. The molecule has 3 aliphatic rings. The Morgan fingerprint density at radius 3 is 2.18 bits per heavy atom. The Kier molecular flexibility index (Phi) is 14.3. The molecule has 14 nitrogen and oxygen atoms in total. The third-order valence-corrected chi connectivity index (χ3v) is 13.0. The van der Waals surface area contributed by atoms with E-state index in [1.54, 1.807) is 4.90 Å². The molecule has 0 bridgehead atoms. The van der Waals surface area contributed by atoms with Crippen LogP contribution < -0.4 is 21.3 Å². The van der Waals surface area contributed by atoms with Crippen LogP contribution in [0.3, 0.4) is 0 Å². The summed E-state index contributed by atoms with van der Waals surface area (Å²) >= 11 is 0. The summed E-state index contributed by atoms with van der Waals surface area (Å²) in [6, 6.07) is -4.00. The number of hydrogen-bond donors (Lipinski definition) is 4. The Morgan fingerprint density at radius 1 is 1.00 bits per heavy atom. The Labute approximate surface area is 305 Å². The monoisotopic (exact) mass is 737 g/mol. The number of amides is 5. The van der Waals surface area contributed by atoms with E-state index in [0.29, 0.717) is 13.0 Å². The van der Waals surface area contributed by atoms with Gasteiger partial charge in [0.05, 0.1) is 6.04 Å². The molecule has 3 rings (SSSR count). The predicted octanol–water partition coefficient (Wildman–Crippen LogP) is 2.42. The van der Waals surface area contributed by atoms with Gasteiger partial charge in [0.1, 0.15) is 12.1 Å². The third kappa shape index (κ3) is 10.1. The summed E-state index contributed by atoms with van der Waals surface area (Å²) in [6.45, 7) is 15.8. The van der Waals surface area contributed by atoms with Crippen LogP contribution in [0.15, 0.2) is 12.7 Å². The molecule has 2 aliphatic carbocycles. The van der Waals surface area contributed by atoms with E-state index in [9.17, 15) is 32.4 Å². The summed E-state index contributed by atoms with van der Waals surface area (Å²) in [5.74, 6) is -2.58. The maximum absolute atomic E-state index is 14.6. The predicted molar refractivity (Wildman–Crippen MR) is 196 cm³/mol. The number of likely N-dealkylation sites (N-methyl/N-ethyl adjacent to an activating group) is 1. The van der Waals surface area contributed by atoms with Crippen LogP contribution in [0.1, 0.15) is 92.9 Å². The lowest BCUT2D eigenvalue weighted by molar-refractivity contribution is -0.144. The summed E-state index contributed by atoms with van der Waals surface area (Å²) in [6.07, 6.45) is 7.45. The van der Waals surface area contributed by atoms with Crippen molar-refractivity contribution in [3.63, 3.8) is 0 Å². The molecule has 5 amide bonds. The summed E-state index contributed by atoms with van der Waals surface area (Å²) in [5.41, 5.74) is -0.732. The van der Waals surface area contributed by atoms with Gasteiger partial charge in [0.25, 0.3) is 16.1 Å². The van der Waals surface area contributed by atoms with Crippen LogP contribution in [0, 0.1) is 28.6 Å². The summed E-state index contributed by atoms with van der Waals surface area (Å²) in [4.78, 5) is 69.9. The van der Waals surface area contributed by atoms with Crippen molar-refractivity contribution in [3.05, 3.63) is 12.7 Å². The van der Waals surface area contributed by atoms with Gasteiger partial charge in [0.2, 0.25) is 17.6 Å². The molecule has 1 heterocycles. The number of ketones is 1. The first kappa shape index (κ1) is 42.4. The van der Waals surface area contributed by atoms with Crippen LogP contribution >= 0.6 is 0 Å². The van der Waals surface area contributed by atoms with Gasteiger partial charge in [-0.25, -0.2) is 4.79 Å². The highest BCUT2D eigenvalue weighted by atomic mass is 32.2. The maximum atomic E-state index is 14.6. The van der Waals surface area contributed by atoms with Crippen LogP contribution in [-0.4, -0.2) is 116 Å². The SMILES string of the molecule is C=CCNC(=O)C(=O)C(CCCC)NC(=O)[C@@H]1[C@@H]2[C@H](CN1C(=O)[C@@H](NC(=O)N[C@H](CN(C)S(=O)(=O)N(C)C)C(C)(C)C)C1CCCCC1)C2(C)C. The van der Waals surface area contributed by atoms with Crippen molar-refractivity contribution >= 4 is 39.7 Å². The molecule has 51 heavy (non-hydrogen) atoms. The van der Waals surface area contributed by atoms with Crippen LogP contribution in [0.5, 0.6) is 0 Å². The number of nitrogens with one attached hydrogen (secondary N) is 4. The highest BCUT2D eigenvalue weighted by molar-refractivity contribution is 7.86. The number of piperidine rings is 1. The molecular weight excluding hydrogens is 675 g/mol. The molecule has 0 spiro atoms. The number of urea groups is 1. The van der Waals surface area contributed by atoms with E-state index in [4.69, 9.17) is 0 Å². The molecule has 0 aromatic heterocycles. The second-order valence-corrected chi connectivity index (χ2v) is 18.7. The second-order valence-electron chi connectivity index (χ2n) is 16.4. The summed E-state index contributed by atoms with van der Waals surface area (Å²) in [7, 11) is 0.611. The van der Waals surface area contributed by atoms with Gasteiger partial charge in [0, 0.05) is 46.8 Å².